The Bertz CT molecular complexity index is 292. The number of rotatable bonds is 1. The third kappa shape index (κ3) is 1.20. The van der Waals surface area contributed by atoms with E-state index in [1.165, 1.54) is 4.90 Å². The summed E-state index contributed by atoms with van der Waals surface area (Å²) in [5, 5.41) is 9.05. The van der Waals surface area contributed by atoms with Crippen LogP contribution in [0, 0.1) is 0 Å². The molecule has 0 bridgehead atoms. The number of fused-ring (bicyclic) bond motifs is 1. The highest BCUT2D eigenvalue weighted by Gasteiger charge is 2.25. The van der Waals surface area contributed by atoms with E-state index in [2.05, 4.69) is 12.6 Å². The quantitative estimate of drug-likeness (QED) is 0.674. The fourth-order valence-electron chi connectivity index (χ4n) is 1.24. The topological polar surface area (TPSA) is 23.5 Å². The number of thioether (sulfide) groups is 1. The van der Waals surface area contributed by atoms with Crippen LogP contribution in [0.15, 0.2) is 29.2 Å². The predicted molar refractivity (Wildman–Crippen MR) is 54.6 cm³/mol. The van der Waals surface area contributed by atoms with E-state index in [4.69, 9.17) is 5.11 Å². The van der Waals surface area contributed by atoms with Crippen LogP contribution in [0.2, 0.25) is 0 Å². The highest BCUT2D eigenvalue weighted by atomic mass is 32.2. The van der Waals surface area contributed by atoms with Crippen LogP contribution in [0.4, 0.5) is 5.69 Å². The molecule has 1 aliphatic heterocycles. The first-order chi connectivity index (χ1) is 5.83. The Hall–Kier alpha value is -0.320. The van der Waals surface area contributed by atoms with Crippen molar-refractivity contribution in [2.45, 2.75) is 9.60 Å². The third-order valence-electron chi connectivity index (χ3n) is 1.83. The van der Waals surface area contributed by atoms with Crippen molar-refractivity contribution in [1.82, 2.24) is 0 Å². The first-order valence-corrected chi connectivity index (χ1v) is 5.04. The summed E-state index contributed by atoms with van der Waals surface area (Å²) in [5.41, 5.74) is 1.07. The van der Waals surface area contributed by atoms with Gasteiger partial charge in [0.1, 0.15) is 11.4 Å². The number of aliphatic hydroxyl groups excluding tert-OH is 1. The maximum atomic E-state index is 9.05. The Kier molecular flexibility index (Phi) is 2.21. The van der Waals surface area contributed by atoms with E-state index < -0.39 is 0 Å². The van der Waals surface area contributed by atoms with Crippen LogP contribution >= 0.6 is 24.4 Å². The second-order valence-corrected chi connectivity index (χ2v) is 4.48. The minimum absolute atomic E-state index is 0.0260. The summed E-state index contributed by atoms with van der Waals surface area (Å²) in [6, 6.07) is 7.99. The lowest BCUT2D eigenvalue weighted by atomic mass is 10.3. The van der Waals surface area contributed by atoms with Gasteiger partial charge < -0.3 is 10.0 Å². The van der Waals surface area contributed by atoms with Gasteiger partial charge in [-0.25, -0.2) is 0 Å². The van der Waals surface area contributed by atoms with Gasteiger partial charge in [-0.05, 0) is 12.1 Å². The largest absolute Gasteiger partial charge is 0.376 e. The molecule has 0 spiro atoms. The van der Waals surface area contributed by atoms with Crippen LogP contribution in [0.5, 0.6) is 0 Å². The summed E-state index contributed by atoms with van der Waals surface area (Å²) in [4.78, 5) is 3.04. The highest BCUT2D eigenvalue weighted by Crippen LogP contribution is 2.43. The number of anilines is 1. The minimum Gasteiger partial charge on any atom is -0.376 e. The molecule has 64 valence electrons. The maximum Gasteiger partial charge on any atom is 0.126 e. The number of aliphatic hydroxyl groups is 1. The molecular weight excluding hydrogens is 190 g/mol. The van der Waals surface area contributed by atoms with Gasteiger partial charge in [-0.3, -0.25) is 0 Å². The summed E-state index contributed by atoms with van der Waals surface area (Å²) in [7, 11) is 0. The molecule has 0 amide bonds. The Morgan fingerprint density at radius 3 is 3.00 bits per heavy atom. The van der Waals surface area contributed by atoms with E-state index in [0.29, 0.717) is 0 Å². The molecule has 4 heteroatoms. The molecule has 0 radical (unpaired) electrons. The van der Waals surface area contributed by atoms with Crippen molar-refractivity contribution in [2.24, 2.45) is 0 Å². The van der Waals surface area contributed by atoms with Crippen molar-refractivity contribution >= 4 is 30.1 Å². The molecule has 0 saturated carbocycles. The van der Waals surface area contributed by atoms with E-state index in [9.17, 15) is 0 Å². The van der Waals surface area contributed by atoms with Crippen molar-refractivity contribution in [2.75, 3.05) is 11.6 Å². The van der Waals surface area contributed by atoms with Crippen LogP contribution in [-0.2, 0) is 0 Å². The fraction of sp³-hybridized carbons (Fsp3) is 0.250. The van der Waals surface area contributed by atoms with Gasteiger partial charge in [-0.15, -0.1) is 12.6 Å². The number of thiol groups is 1. The molecule has 1 aromatic carbocycles. The van der Waals surface area contributed by atoms with Crippen molar-refractivity contribution < 1.29 is 5.11 Å². The molecule has 2 nitrogen and oxygen atoms in total. The summed E-state index contributed by atoms with van der Waals surface area (Å²) < 4.78 is 0.0485. The maximum absolute atomic E-state index is 9.05. The molecule has 1 N–H and O–H groups in total. The van der Waals surface area contributed by atoms with Gasteiger partial charge in [0.25, 0.3) is 0 Å². The molecule has 1 heterocycles. The molecule has 2 rings (SSSR count). The van der Waals surface area contributed by atoms with E-state index in [0.717, 1.165) is 5.69 Å². The molecule has 0 aliphatic carbocycles. The number of hydrogen-bond acceptors (Lipinski definition) is 4. The van der Waals surface area contributed by atoms with Gasteiger partial charge in [0.2, 0.25) is 0 Å². The van der Waals surface area contributed by atoms with Crippen molar-refractivity contribution in [3.05, 3.63) is 24.3 Å². The molecule has 1 atom stereocenters. The lowest BCUT2D eigenvalue weighted by molar-refractivity contribution is 0.295. The van der Waals surface area contributed by atoms with Gasteiger partial charge in [-0.2, -0.15) is 0 Å². The van der Waals surface area contributed by atoms with Crippen LogP contribution in [0.3, 0.4) is 0 Å². The number of para-hydroxylation sites is 1. The standard InChI is InChI=1S/C8H9NOS2/c10-5-9-6-3-1-2-4-7(6)12-8(9)11/h1-4,8,10-11H,5H2. The molecule has 1 unspecified atom stereocenters. The summed E-state index contributed by atoms with van der Waals surface area (Å²) in [6.45, 7) is 0.0260. The zero-order valence-electron chi connectivity index (χ0n) is 6.34. The second-order valence-electron chi connectivity index (χ2n) is 2.52. The third-order valence-corrected chi connectivity index (χ3v) is 3.49. The normalized spacial score (nSPS) is 21.2. The first-order valence-electron chi connectivity index (χ1n) is 3.64. The molecule has 0 fully saturated rings. The summed E-state index contributed by atoms with van der Waals surface area (Å²) in [5.74, 6) is 0. The smallest absolute Gasteiger partial charge is 0.126 e. The lowest BCUT2D eigenvalue weighted by Crippen LogP contribution is -2.25. The van der Waals surface area contributed by atoms with Crippen LogP contribution in [0.1, 0.15) is 0 Å². The van der Waals surface area contributed by atoms with Crippen LogP contribution in [0.25, 0.3) is 0 Å². The Labute approximate surface area is 81.0 Å². The highest BCUT2D eigenvalue weighted by molar-refractivity contribution is 8.10. The molecule has 1 aliphatic rings. The van der Waals surface area contributed by atoms with Gasteiger partial charge >= 0.3 is 0 Å². The molecule has 12 heavy (non-hydrogen) atoms. The summed E-state index contributed by atoms with van der Waals surface area (Å²) in [6.07, 6.45) is 0. The van der Waals surface area contributed by atoms with E-state index in [1.807, 2.05) is 29.2 Å². The Morgan fingerprint density at radius 2 is 2.25 bits per heavy atom. The van der Waals surface area contributed by atoms with Gasteiger partial charge in [0, 0.05) is 4.90 Å². The average molecular weight is 199 g/mol. The lowest BCUT2D eigenvalue weighted by Gasteiger charge is -2.19. The van der Waals surface area contributed by atoms with Crippen LogP contribution < -0.4 is 4.90 Å². The monoisotopic (exact) mass is 199 g/mol. The predicted octanol–water partition coefficient (Wildman–Crippen LogP) is 1.76. The van der Waals surface area contributed by atoms with Crippen molar-refractivity contribution in [3.8, 4) is 0 Å². The van der Waals surface area contributed by atoms with E-state index in [1.54, 1.807) is 11.8 Å². The fourth-order valence-corrected chi connectivity index (χ4v) is 2.77. The van der Waals surface area contributed by atoms with Crippen LogP contribution in [-0.4, -0.2) is 16.5 Å². The number of benzene rings is 1. The minimum atomic E-state index is 0.0260. The molecule has 0 saturated heterocycles. The zero-order chi connectivity index (χ0) is 8.55. The SMILES string of the molecule is OCN1c2ccccc2SC1S. The molecular formula is C8H9NOS2. The van der Waals surface area contributed by atoms with E-state index >= 15 is 0 Å². The van der Waals surface area contributed by atoms with E-state index in [-0.39, 0.29) is 11.4 Å². The Balaban J connectivity index is 2.40. The van der Waals surface area contributed by atoms with Gasteiger partial charge in [0.05, 0.1) is 5.69 Å². The Morgan fingerprint density at radius 1 is 1.50 bits per heavy atom. The first kappa shape index (κ1) is 8.29. The van der Waals surface area contributed by atoms with Crippen molar-refractivity contribution in [1.29, 1.82) is 0 Å². The average Bonchev–Trinajstić information content (AvgIpc) is 2.40. The number of nitrogens with zero attached hydrogens (tertiary/aromatic N) is 1. The second kappa shape index (κ2) is 3.20. The number of hydrogen-bond donors (Lipinski definition) is 2. The van der Waals surface area contributed by atoms with Gasteiger partial charge in [0.15, 0.2) is 0 Å². The zero-order valence-corrected chi connectivity index (χ0v) is 8.05. The summed E-state index contributed by atoms with van der Waals surface area (Å²) >= 11 is 6.00. The van der Waals surface area contributed by atoms with Crippen molar-refractivity contribution in [3.63, 3.8) is 0 Å². The molecule has 0 aromatic heterocycles. The van der Waals surface area contributed by atoms with Gasteiger partial charge in [-0.1, -0.05) is 23.9 Å². The molecule has 1 aromatic rings.